The van der Waals surface area contributed by atoms with E-state index in [2.05, 4.69) is 37.3 Å². The standard InChI is InChI=1S/C26H30O2S2/c1-3-4-5-6-7-8-9-10-13-18-16-21-19-14-11-12-15-20(19)22-17-23(26(27)28-2)30-25(22)24(21)29-18/h11-12,14-17H,3-10,13H2,1-2H3. The number of aryl methyl sites for hydroxylation is 1. The van der Waals surface area contributed by atoms with E-state index in [0.29, 0.717) is 4.88 Å². The Morgan fingerprint density at radius 1 is 0.800 bits per heavy atom. The van der Waals surface area contributed by atoms with E-state index >= 15 is 0 Å². The molecule has 0 bridgehead atoms. The fourth-order valence-electron chi connectivity index (χ4n) is 4.28. The van der Waals surface area contributed by atoms with Gasteiger partial charge in [0.1, 0.15) is 4.88 Å². The molecule has 0 amide bonds. The Bertz CT molecular complexity index is 1150. The molecule has 4 heteroatoms. The molecule has 158 valence electrons. The van der Waals surface area contributed by atoms with Crippen LogP contribution in [-0.2, 0) is 11.2 Å². The van der Waals surface area contributed by atoms with Crippen molar-refractivity contribution in [2.45, 2.75) is 64.7 Å². The Morgan fingerprint density at radius 3 is 2.07 bits per heavy atom. The number of fused-ring (bicyclic) bond motifs is 6. The van der Waals surface area contributed by atoms with Crippen LogP contribution in [-0.4, -0.2) is 13.1 Å². The van der Waals surface area contributed by atoms with Crippen molar-refractivity contribution in [3.05, 3.63) is 46.2 Å². The van der Waals surface area contributed by atoms with Crippen molar-refractivity contribution < 1.29 is 9.53 Å². The summed E-state index contributed by atoms with van der Waals surface area (Å²) in [4.78, 5) is 14.3. The third-order valence-corrected chi connectivity index (χ3v) is 8.37. The topological polar surface area (TPSA) is 26.3 Å². The highest BCUT2D eigenvalue weighted by Crippen LogP contribution is 2.43. The summed E-state index contributed by atoms with van der Waals surface area (Å²) in [5.74, 6) is -0.246. The largest absolute Gasteiger partial charge is 0.465 e. The second-order valence-corrected chi connectivity index (χ2v) is 10.3. The summed E-state index contributed by atoms with van der Waals surface area (Å²) in [6.07, 6.45) is 12.0. The van der Waals surface area contributed by atoms with Crippen molar-refractivity contribution >= 4 is 59.6 Å². The van der Waals surface area contributed by atoms with Gasteiger partial charge >= 0.3 is 5.97 Å². The van der Waals surface area contributed by atoms with Gasteiger partial charge in [-0.25, -0.2) is 4.79 Å². The lowest BCUT2D eigenvalue weighted by Gasteiger charge is -2.02. The average Bonchev–Trinajstić information content (AvgIpc) is 3.40. The van der Waals surface area contributed by atoms with Gasteiger partial charge in [-0.2, -0.15) is 0 Å². The van der Waals surface area contributed by atoms with Gasteiger partial charge in [0.25, 0.3) is 0 Å². The third-order valence-electron chi connectivity index (χ3n) is 5.89. The van der Waals surface area contributed by atoms with Gasteiger partial charge in [-0.1, -0.05) is 76.1 Å². The predicted octanol–water partition coefficient (Wildman–Crippen LogP) is 8.74. The van der Waals surface area contributed by atoms with Gasteiger partial charge in [0, 0.05) is 15.6 Å². The van der Waals surface area contributed by atoms with Crippen LogP contribution in [0.25, 0.3) is 30.9 Å². The van der Waals surface area contributed by atoms with Gasteiger partial charge in [-0.15, -0.1) is 22.7 Å². The molecular weight excluding hydrogens is 408 g/mol. The SMILES string of the molecule is CCCCCCCCCCc1cc2c3ccccc3c3cc(C(=O)OC)sc3c2s1. The maximum absolute atomic E-state index is 12.1. The zero-order valence-electron chi connectivity index (χ0n) is 18.0. The first-order valence-corrected chi connectivity index (χ1v) is 12.8. The fourth-order valence-corrected chi connectivity index (χ4v) is 6.74. The highest BCUT2D eigenvalue weighted by molar-refractivity contribution is 7.28. The smallest absolute Gasteiger partial charge is 0.348 e. The molecular formula is C26H30O2S2. The minimum atomic E-state index is -0.246. The second-order valence-electron chi connectivity index (χ2n) is 8.07. The molecule has 2 heterocycles. The summed E-state index contributed by atoms with van der Waals surface area (Å²) in [5.41, 5.74) is 0. The highest BCUT2D eigenvalue weighted by atomic mass is 32.1. The molecule has 0 aliphatic rings. The van der Waals surface area contributed by atoms with Gasteiger partial charge in [-0.3, -0.25) is 0 Å². The maximum atomic E-state index is 12.1. The summed E-state index contributed by atoms with van der Waals surface area (Å²) in [5, 5.41) is 5.01. The monoisotopic (exact) mass is 438 g/mol. The Kier molecular flexibility index (Phi) is 7.06. The molecule has 2 nitrogen and oxygen atoms in total. The molecule has 4 aromatic rings. The summed E-state index contributed by atoms with van der Waals surface area (Å²) < 4.78 is 7.51. The van der Waals surface area contributed by atoms with Crippen molar-refractivity contribution in [3.63, 3.8) is 0 Å². The molecule has 0 spiro atoms. The molecule has 0 saturated carbocycles. The summed E-state index contributed by atoms with van der Waals surface area (Å²) in [6, 6.07) is 13.0. The summed E-state index contributed by atoms with van der Waals surface area (Å²) >= 11 is 3.47. The van der Waals surface area contributed by atoms with Crippen molar-refractivity contribution in [2.24, 2.45) is 0 Å². The Labute approximate surface area is 186 Å². The van der Waals surface area contributed by atoms with Crippen LogP contribution >= 0.6 is 22.7 Å². The Morgan fingerprint density at radius 2 is 1.40 bits per heavy atom. The molecule has 0 aliphatic carbocycles. The first kappa shape index (κ1) is 21.3. The van der Waals surface area contributed by atoms with E-state index in [1.807, 2.05) is 17.4 Å². The first-order chi connectivity index (χ1) is 14.7. The molecule has 0 saturated heterocycles. The van der Waals surface area contributed by atoms with Crippen LogP contribution in [0.4, 0.5) is 0 Å². The van der Waals surface area contributed by atoms with Crippen LogP contribution in [0, 0.1) is 0 Å². The predicted molar refractivity (Wildman–Crippen MR) is 132 cm³/mol. The number of methoxy groups -OCH3 is 1. The molecule has 2 aromatic heterocycles. The highest BCUT2D eigenvalue weighted by Gasteiger charge is 2.17. The van der Waals surface area contributed by atoms with Crippen LogP contribution in [0.3, 0.4) is 0 Å². The lowest BCUT2D eigenvalue weighted by Crippen LogP contribution is -1.96. The van der Waals surface area contributed by atoms with E-state index in [1.54, 1.807) is 11.3 Å². The van der Waals surface area contributed by atoms with Gasteiger partial charge < -0.3 is 4.74 Å². The quantitative estimate of drug-likeness (QED) is 0.183. The number of rotatable bonds is 10. The minimum Gasteiger partial charge on any atom is -0.465 e. The second kappa shape index (κ2) is 9.93. The minimum absolute atomic E-state index is 0.246. The van der Waals surface area contributed by atoms with Crippen molar-refractivity contribution in [1.29, 1.82) is 0 Å². The fraction of sp³-hybridized carbons (Fsp3) is 0.423. The summed E-state index contributed by atoms with van der Waals surface area (Å²) in [7, 11) is 1.45. The van der Waals surface area contributed by atoms with Crippen LogP contribution in [0.2, 0.25) is 0 Å². The van der Waals surface area contributed by atoms with Crippen molar-refractivity contribution in [2.75, 3.05) is 7.11 Å². The van der Waals surface area contributed by atoms with Crippen molar-refractivity contribution in [1.82, 2.24) is 0 Å². The Balaban J connectivity index is 1.57. The van der Waals surface area contributed by atoms with Crippen LogP contribution in [0.1, 0.15) is 72.8 Å². The van der Waals surface area contributed by atoms with E-state index in [-0.39, 0.29) is 5.97 Å². The van der Waals surface area contributed by atoms with Gasteiger partial charge in [0.2, 0.25) is 0 Å². The van der Waals surface area contributed by atoms with Crippen LogP contribution in [0.5, 0.6) is 0 Å². The lowest BCUT2D eigenvalue weighted by atomic mass is 10.0. The van der Waals surface area contributed by atoms with Crippen LogP contribution in [0.15, 0.2) is 36.4 Å². The first-order valence-electron chi connectivity index (χ1n) is 11.2. The Hall–Kier alpha value is -1.91. The van der Waals surface area contributed by atoms with Gasteiger partial charge in [-0.05, 0) is 35.7 Å². The van der Waals surface area contributed by atoms with E-state index in [4.69, 9.17) is 4.74 Å². The third kappa shape index (κ3) is 4.40. The van der Waals surface area contributed by atoms with E-state index in [0.717, 1.165) is 6.42 Å². The lowest BCUT2D eigenvalue weighted by molar-refractivity contribution is 0.0606. The zero-order valence-corrected chi connectivity index (χ0v) is 19.6. The van der Waals surface area contributed by atoms with E-state index in [1.165, 1.54) is 94.3 Å². The summed E-state index contributed by atoms with van der Waals surface area (Å²) in [6.45, 7) is 2.27. The zero-order chi connectivity index (χ0) is 20.9. The molecule has 30 heavy (non-hydrogen) atoms. The number of carbonyl (C=O) groups is 1. The average molecular weight is 439 g/mol. The number of thiophene rings is 2. The number of unbranched alkanes of at least 4 members (excludes halogenated alkanes) is 7. The van der Waals surface area contributed by atoms with Crippen LogP contribution < -0.4 is 0 Å². The van der Waals surface area contributed by atoms with E-state index < -0.39 is 0 Å². The van der Waals surface area contributed by atoms with Gasteiger partial charge in [0.05, 0.1) is 16.5 Å². The normalized spacial score (nSPS) is 11.7. The molecule has 0 atom stereocenters. The van der Waals surface area contributed by atoms with E-state index in [9.17, 15) is 4.79 Å². The molecule has 2 aromatic carbocycles. The van der Waals surface area contributed by atoms with Gasteiger partial charge in [0.15, 0.2) is 0 Å². The molecule has 0 aliphatic heterocycles. The molecule has 4 rings (SSSR count). The molecule has 0 radical (unpaired) electrons. The molecule has 0 N–H and O–H groups in total. The number of esters is 1. The number of hydrogen-bond donors (Lipinski definition) is 0. The maximum Gasteiger partial charge on any atom is 0.348 e. The number of benzene rings is 2. The van der Waals surface area contributed by atoms with Crippen molar-refractivity contribution in [3.8, 4) is 0 Å². The number of ether oxygens (including phenoxy) is 1. The molecule has 0 unspecified atom stereocenters. The number of hydrogen-bond acceptors (Lipinski definition) is 4. The number of carbonyl (C=O) groups excluding carboxylic acids is 1. The molecule has 0 fully saturated rings.